The van der Waals surface area contributed by atoms with E-state index in [2.05, 4.69) is 33.4 Å². The Balaban J connectivity index is 1.81. The van der Waals surface area contributed by atoms with E-state index in [0.717, 1.165) is 10.0 Å². The second kappa shape index (κ2) is 6.20. The molecule has 0 radical (unpaired) electrons. The van der Waals surface area contributed by atoms with E-state index in [1.807, 2.05) is 18.2 Å². The highest BCUT2D eigenvalue weighted by atomic mass is 79.9. The van der Waals surface area contributed by atoms with Gasteiger partial charge in [0.05, 0.1) is 6.04 Å². The number of hydrogen-bond donors (Lipinski definition) is 1. The van der Waals surface area contributed by atoms with Crippen molar-refractivity contribution in [2.45, 2.75) is 18.9 Å². The van der Waals surface area contributed by atoms with E-state index in [1.54, 1.807) is 18.2 Å². The van der Waals surface area contributed by atoms with Crippen LogP contribution in [0.4, 0.5) is 0 Å². The van der Waals surface area contributed by atoms with E-state index >= 15 is 0 Å². The SMILES string of the molecule is O=C(NC(c1ccccc1)C1CC1)c1cc(Cl)cc(Br)c1. The Hall–Kier alpha value is -1.32. The van der Waals surface area contributed by atoms with E-state index < -0.39 is 0 Å². The molecule has 2 aromatic carbocycles. The molecule has 0 aromatic heterocycles. The third-order valence-electron chi connectivity index (χ3n) is 3.66. The second-order valence-electron chi connectivity index (χ2n) is 5.36. The molecule has 1 atom stereocenters. The van der Waals surface area contributed by atoms with Crippen LogP contribution in [0, 0.1) is 5.92 Å². The van der Waals surface area contributed by atoms with Gasteiger partial charge in [0.15, 0.2) is 0 Å². The van der Waals surface area contributed by atoms with Crippen LogP contribution in [0.2, 0.25) is 5.02 Å². The monoisotopic (exact) mass is 363 g/mol. The molecule has 0 saturated heterocycles. The number of nitrogens with one attached hydrogen (secondary N) is 1. The molecule has 0 spiro atoms. The molecular formula is C17H15BrClNO. The molecule has 4 heteroatoms. The summed E-state index contributed by atoms with van der Waals surface area (Å²) in [7, 11) is 0. The Bertz CT molecular complexity index is 635. The average Bonchev–Trinajstić information content (AvgIpc) is 3.29. The molecule has 1 aliphatic rings. The van der Waals surface area contributed by atoms with Crippen molar-refractivity contribution in [3.8, 4) is 0 Å². The zero-order valence-corrected chi connectivity index (χ0v) is 13.7. The lowest BCUT2D eigenvalue weighted by Crippen LogP contribution is -2.29. The second-order valence-corrected chi connectivity index (χ2v) is 6.71. The van der Waals surface area contributed by atoms with Crippen molar-refractivity contribution in [1.29, 1.82) is 0 Å². The third kappa shape index (κ3) is 3.66. The van der Waals surface area contributed by atoms with Gasteiger partial charge in [0.2, 0.25) is 0 Å². The van der Waals surface area contributed by atoms with Gasteiger partial charge in [-0.15, -0.1) is 0 Å². The highest BCUT2D eigenvalue weighted by Gasteiger charge is 2.33. The molecule has 1 aliphatic carbocycles. The zero-order valence-electron chi connectivity index (χ0n) is 11.4. The van der Waals surface area contributed by atoms with Gasteiger partial charge in [-0.1, -0.05) is 57.9 Å². The lowest BCUT2D eigenvalue weighted by Gasteiger charge is -2.19. The van der Waals surface area contributed by atoms with Gasteiger partial charge in [0.1, 0.15) is 0 Å². The lowest BCUT2D eigenvalue weighted by atomic mass is 10.0. The van der Waals surface area contributed by atoms with Crippen molar-refractivity contribution in [1.82, 2.24) is 5.32 Å². The summed E-state index contributed by atoms with van der Waals surface area (Å²) in [5.41, 5.74) is 1.74. The van der Waals surface area contributed by atoms with E-state index in [4.69, 9.17) is 11.6 Å². The van der Waals surface area contributed by atoms with E-state index in [9.17, 15) is 4.79 Å². The maximum absolute atomic E-state index is 12.5. The van der Waals surface area contributed by atoms with Crippen molar-refractivity contribution in [3.05, 3.63) is 69.2 Å². The Labute approximate surface area is 137 Å². The third-order valence-corrected chi connectivity index (χ3v) is 4.34. The van der Waals surface area contributed by atoms with Crippen molar-refractivity contribution in [2.24, 2.45) is 5.92 Å². The minimum Gasteiger partial charge on any atom is -0.345 e. The van der Waals surface area contributed by atoms with Crippen LogP contribution >= 0.6 is 27.5 Å². The number of benzene rings is 2. The topological polar surface area (TPSA) is 29.1 Å². The van der Waals surface area contributed by atoms with Crippen LogP contribution in [0.1, 0.15) is 34.8 Å². The van der Waals surface area contributed by atoms with Crippen molar-refractivity contribution in [3.63, 3.8) is 0 Å². The van der Waals surface area contributed by atoms with Crippen molar-refractivity contribution >= 4 is 33.4 Å². The number of halogens is 2. The quantitative estimate of drug-likeness (QED) is 0.814. The van der Waals surface area contributed by atoms with Gasteiger partial charge in [-0.2, -0.15) is 0 Å². The van der Waals surface area contributed by atoms with Crippen LogP contribution in [0.15, 0.2) is 53.0 Å². The van der Waals surface area contributed by atoms with Crippen LogP contribution in [0.25, 0.3) is 0 Å². The Morgan fingerprint density at radius 1 is 1.19 bits per heavy atom. The van der Waals surface area contributed by atoms with Gasteiger partial charge in [0.25, 0.3) is 5.91 Å². The van der Waals surface area contributed by atoms with Crippen LogP contribution < -0.4 is 5.32 Å². The maximum Gasteiger partial charge on any atom is 0.251 e. The van der Waals surface area contributed by atoms with Gasteiger partial charge < -0.3 is 5.32 Å². The fourth-order valence-electron chi connectivity index (χ4n) is 2.47. The molecule has 1 amide bonds. The highest BCUT2D eigenvalue weighted by molar-refractivity contribution is 9.10. The smallest absolute Gasteiger partial charge is 0.251 e. The summed E-state index contributed by atoms with van der Waals surface area (Å²) >= 11 is 9.38. The molecule has 0 aliphatic heterocycles. The zero-order chi connectivity index (χ0) is 14.8. The van der Waals surface area contributed by atoms with Gasteiger partial charge in [-0.05, 0) is 42.5 Å². The summed E-state index contributed by atoms with van der Waals surface area (Å²) < 4.78 is 0.808. The number of carbonyl (C=O) groups excluding carboxylic acids is 1. The maximum atomic E-state index is 12.5. The lowest BCUT2D eigenvalue weighted by molar-refractivity contribution is 0.0931. The predicted octanol–water partition coefficient (Wildman–Crippen LogP) is 4.98. The summed E-state index contributed by atoms with van der Waals surface area (Å²) in [5.74, 6) is 0.456. The summed E-state index contributed by atoms with van der Waals surface area (Å²) in [6.45, 7) is 0. The molecule has 2 aromatic rings. The molecular weight excluding hydrogens is 350 g/mol. The fraction of sp³-hybridized carbons (Fsp3) is 0.235. The van der Waals surface area contributed by atoms with Crippen LogP contribution in [0.3, 0.4) is 0 Å². The minimum atomic E-state index is -0.0843. The van der Waals surface area contributed by atoms with Crippen LogP contribution in [-0.2, 0) is 0 Å². The standard InChI is InChI=1S/C17H15BrClNO/c18-14-8-13(9-15(19)10-14)17(21)20-16(12-6-7-12)11-4-2-1-3-5-11/h1-5,8-10,12,16H,6-7H2,(H,20,21). The summed E-state index contributed by atoms with van der Waals surface area (Å²) in [5, 5.41) is 3.70. The number of rotatable bonds is 4. The first-order valence-electron chi connectivity index (χ1n) is 6.95. The summed E-state index contributed by atoms with van der Waals surface area (Å²) in [4.78, 5) is 12.5. The molecule has 2 nitrogen and oxygen atoms in total. The molecule has 1 N–H and O–H groups in total. The fourth-order valence-corrected chi connectivity index (χ4v) is 3.33. The van der Waals surface area contributed by atoms with Crippen LogP contribution in [0.5, 0.6) is 0 Å². The van der Waals surface area contributed by atoms with Crippen molar-refractivity contribution in [2.75, 3.05) is 0 Å². The Morgan fingerprint density at radius 2 is 1.90 bits per heavy atom. The first-order valence-corrected chi connectivity index (χ1v) is 8.12. The van der Waals surface area contributed by atoms with Gasteiger partial charge in [-0.3, -0.25) is 4.79 Å². The molecule has 0 bridgehead atoms. The van der Waals surface area contributed by atoms with Gasteiger partial charge in [-0.25, -0.2) is 0 Å². The largest absolute Gasteiger partial charge is 0.345 e. The van der Waals surface area contributed by atoms with Gasteiger partial charge in [0, 0.05) is 15.1 Å². The van der Waals surface area contributed by atoms with Crippen molar-refractivity contribution < 1.29 is 4.79 Å². The van der Waals surface area contributed by atoms with E-state index in [1.165, 1.54) is 12.8 Å². The number of amides is 1. The highest BCUT2D eigenvalue weighted by Crippen LogP contribution is 2.41. The van der Waals surface area contributed by atoms with E-state index in [-0.39, 0.29) is 11.9 Å². The molecule has 1 saturated carbocycles. The molecule has 3 rings (SSSR count). The average molecular weight is 365 g/mol. The molecule has 0 heterocycles. The summed E-state index contributed by atoms with van der Waals surface area (Å²) in [6, 6.07) is 15.5. The molecule has 108 valence electrons. The molecule has 1 fully saturated rings. The number of hydrogen-bond acceptors (Lipinski definition) is 1. The van der Waals surface area contributed by atoms with Crippen LogP contribution in [-0.4, -0.2) is 5.91 Å². The summed E-state index contributed by atoms with van der Waals surface area (Å²) in [6.07, 6.45) is 2.33. The Morgan fingerprint density at radius 3 is 2.52 bits per heavy atom. The Kier molecular flexibility index (Phi) is 4.32. The first-order chi connectivity index (χ1) is 10.1. The number of carbonyl (C=O) groups is 1. The predicted molar refractivity (Wildman–Crippen MR) is 88.5 cm³/mol. The minimum absolute atomic E-state index is 0.0801. The molecule has 1 unspecified atom stereocenters. The van der Waals surface area contributed by atoms with E-state index in [0.29, 0.717) is 16.5 Å². The first kappa shape index (κ1) is 14.6. The van der Waals surface area contributed by atoms with Gasteiger partial charge >= 0.3 is 0 Å². The molecule has 21 heavy (non-hydrogen) atoms. The normalized spacial score (nSPS) is 15.5.